The van der Waals surface area contributed by atoms with Gasteiger partial charge in [-0.15, -0.1) is 11.3 Å². The van der Waals surface area contributed by atoms with Crippen molar-refractivity contribution in [3.05, 3.63) is 64.7 Å². The summed E-state index contributed by atoms with van der Waals surface area (Å²) in [5, 5.41) is 15.8. The van der Waals surface area contributed by atoms with E-state index in [2.05, 4.69) is 15.5 Å². The third-order valence-electron chi connectivity index (χ3n) is 3.41. The Balaban J connectivity index is 1.75. The first-order valence-electron chi connectivity index (χ1n) is 7.88. The van der Waals surface area contributed by atoms with Crippen LogP contribution in [-0.4, -0.2) is 17.3 Å². The Kier molecular flexibility index (Phi) is 5.56. The van der Waals surface area contributed by atoms with Gasteiger partial charge in [-0.25, -0.2) is 9.37 Å². The molecular weight excluding hydrogens is 351 g/mol. The van der Waals surface area contributed by atoms with E-state index >= 15 is 0 Å². The molecule has 5 nitrogen and oxygen atoms in total. The summed E-state index contributed by atoms with van der Waals surface area (Å²) in [5.74, 6) is 0.467. The standard InChI is InChI=1S/C19H15FN4OS/c1-2-25-16-9-7-15(8-10-16)23-24-17(11-21)19-22-18(12-26-19)13-3-5-14(20)6-4-13/h3-10,12,23H,2H2,1H3. The number of nitrogens with one attached hydrogen (secondary N) is 1. The first-order chi connectivity index (χ1) is 12.7. The Labute approximate surface area is 154 Å². The van der Waals surface area contributed by atoms with Crippen LogP contribution in [0.25, 0.3) is 11.3 Å². The molecule has 0 aliphatic rings. The van der Waals surface area contributed by atoms with Crippen molar-refractivity contribution in [2.75, 3.05) is 12.0 Å². The Bertz CT molecular complexity index is 943. The SMILES string of the molecule is CCOc1ccc(NN=C(C#N)c2nc(-c3ccc(F)cc3)cs2)cc1. The number of hydrogen-bond donors (Lipinski definition) is 1. The summed E-state index contributed by atoms with van der Waals surface area (Å²) in [7, 11) is 0. The second-order valence-corrected chi connectivity index (χ2v) is 6.04. The van der Waals surface area contributed by atoms with Gasteiger partial charge >= 0.3 is 0 Å². The number of rotatable bonds is 6. The largest absolute Gasteiger partial charge is 0.494 e. The minimum absolute atomic E-state index is 0.178. The normalized spacial score (nSPS) is 11.0. The number of aromatic nitrogens is 1. The van der Waals surface area contributed by atoms with Crippen LogP contribution in [0.1, 0.15) is 11.9 Å². The second-order valence-electron chi connectivity index (χ2n) is 5.19. The van der Waals surface area contributed by atoms with Gasteiger partial charge in [0.25, 0.3) is 0 Å². The van der Waals surface area contributed by atoms with Crippen molar-refractivity contribution in [3.63, 3.8) is 0 Å². The fourth-order valence-electron chi connectivity index (χ4n) is 2.17. The van der Waals surface area contributed by atoms with Crippen LogP contribution in [0.15, 0.2) is 59.0 Å². The highest BCUT2D eigenvalue weighted by atomic mass is 32.1. The Morgan fingerprint density at radius 3 is 2.62 bits per heavy atom. The van der Waals surface area contributed by atoms with E-state index in [9.17, 15) is 9.65 Å². The molecule has 7 heteroatoms. The van der Waals surface area contributed by atoms with Gasteiger partial charge in [0.15, 0.2) is 10.7 Å². The van der Waals surface area contributed by atoms with Crippen LogP contribution in [0.2, 0.25) is 0 Å². The topological polar surface area (TPSA) is 70.3 Å². The van der Waals surface area contributed by atoms with E-state index in [1.165, 1.54) is 23.5 Å². The highest BCUT2D eigenvalue weighted by Crippen LogP contribution is 2.23. The lowest BCUT2D eigenvalue weighted by Crippen LogP contribution is -2.01. The summed E-state index contributed by atoms with van der Waals surface area (Å²) in [5.41, 5.74) is 5.22. The molecule has 1 N–H and O–H groups in total. The van der Waals surface area contributed by atoms with Gasteiger partial charge in [-0.05, 0) is 55.5 Å². The van der Waals surface area contributed by atoms with Crippen LogP contribution < -0.4 is 10.2 Å². The molecule has 0 radical (unpaired) electrons. The summed E-state index contributed by atoms with van der Waals surface area (Å²) >= 11 is 1.31. The lowest BCUT2D eigenvalue weighted by Gasteiger charge is -2.04. The van der Waals surface area contributed by atoms with Crippen molar-refractivity contribution in [1.82, 2.24) is 4.98 Å². The molecule has 0 aliphatic carbocycles. The van der Waals surface area contributed by atoms with Gasteiger partial charge in [-0.2, -0.15) is 10.4 Å². The molecule has 0 atom stereocenters. The van der Waals surface area contributed by atoms with E-state index < -0.39 is 0 Å². The average molecular weight is 366 g/mol. The van der Waals surface area contributed by atoms with E-state index in [1.807, 2.05) is 42.6 Å². The molecule has 0 bridgehead atoms. The van der Waals surface area contributed by atoms with Crippen molar-refractivity contribution in [3.8, 4) is 23.1 Å². The number of nitriles is 1. The molecule has 3 aromatic rings. The molecule has 1 aromatic heterocycles. The fourth-order valence-corrected chi connectivity index (χ4v) is 2.94. The third-order valence-corrected chi connectivity index (χ3v) is 4.26. The molecule has 0 saturated heterocycles. The van der Waals surface area contributed by atoms with Crippen molar-refractivity contribution in [2.45, 2.75) is 6.92 Å². The molecule has 1 heterocycles. The highest BCUT2D eigenvalue weighted by molar-refractivity contribution is 7.12. The van der Waals surface area contributed by atoms with Gasteiger partial charge in [-0.1, -0.05) is 0 Å². The van der Waals surface area contributed by atoms with Crippen LogP contribution in [0.5, 0.6) is 5.75 Å². The molecule has 0 aliphatic heterocycles. The van der Waals surface area contributed by atoms with Gasteiger partial charge in [0.2, 0.25) is 0 Å². The summed E-state index contributed by atoms with van der Waals surface area (Å²) < 4.78 is 18.4. The van der Waals surface area contributed by atoms with Crippen LogP contribution in [0.4, 0.5) is 10.1 Å². The first-order valence-corrected chi connectivity index (χ1v) is 8.76. The number of hydrazone groups is 1. The second kappa shape index (κ2) is 8.23. The molecular formula is C19H15FN4OS. The maximum atomic E-state index is 13.0. The van der Waals surface area contributed by atoms with Gasteiger partial charge in [0, 0.05) is 10.9 Å². The molecule has 0 amide bonds. The monoisotopic (exact) mass is 366 g/mol. The highest BCUT2D eigenvalue weighted by Gasteiger charge is 2.10. The zero-order valence-corrected chi connectivity index (χ0v) is 14.8. The number of anilines is 1. The molecule has 3 rings (SSSR count). The summed E-state index contributed by atoms with van der Waals surface area (Å²) in [6.07, 6.45) is 0. The predicted octanol–water partition coefficient (Wildman–Crippen LogP) is 4.69. The minimum Gasteiger partial charge on any atom is -0.494 e. The summed E-state index contributed by atoms with van der Waals surface area (Å²) in [4.78, 5) is 4.41. The number of ether oxygens (including phenoxy) is 1. The van der Waals surface area contributed by atoms with Gasteiger partial charge < -0.3 is 4.74 Å². The van der Waals surface area contributed by atoms with E-state index in [0.717, 1.165) is 17.0 Å². The lowest BCUT2D eigenvalue weighted by atomic mass is 10.2. The van der Waals surface area contributed by atoms with Crippen molar-refractivity contribution in [2.24, 2.45) is 5.10 Å². The van der Waals surface area contributed by atoms with E-state index in [1.54, 1.807) is 12.1 Å². The number of benzene rings is 2. The molecule has 0 saturated carbocycles. The van der Waals surface area contributed by atoms with Crippen LogP contribution in [0, 0.1) is 17.1 Å². The first kappa shape index (κ1) is 17.6. The fraction of sp³-hybridized carbons (Fsp3) is 0.105. The molecule has 2 aromatic carbocycles. The molecule has 130 valence electrons. The maximum Gasteiger partial charge on any atom is 0.196 e. The van der Waals surface area contributed by atoms with E-state index in [4.69, 9.17) is 4.74 Å². The van der Waals surface area contributed by atoms with Crippen molar-refractivity contribution in [1.29, 1.82) is 5.26 Å². The Hall–Kier alpha value is -3.24. The van der Waals surface area contributed by atoms with Gasteiger partial charge in [0.1, 0.15) is 17.6 Å². The summed E-state index contributed by atoms with van der Waals surface area (Å²) in [6, 6.07) is 15.4. The third kappa shape index (κ3) is 4.23. The minimum atomic E-state index is -0.303. The molecule has 0 spiro atoms. The van der Waals surface area contributed by atoms with Crippen LogP contribution in [0.3, 0.4) is 0 Å². The number of halogens is 1. The molecule has 0 unspecified atom stereocenters. The summed E-state index contributed by atoms with van der Waals surface area (Å²) in [6.45, 7) is 2.52. The van der Waals surface area contributed by atoms with E-state index in [0.29, 0.717) is 17.3 Å². The van der Waals surface area contributed by atoms with Crippen LogP contribution >= 0.6 is 11.3 Å². The number of nitrogens with zero attached hydrogens (tertiary/aromatic N) is 3. The Morgan fingerprint density at radius 2 is 1.96 bits per heavy atom. The number of thiazole rings is 1. The van der Waals surface area contributed by atoms with E-state index in [-0.39, 0.29) is 11.5 Å². The zero-order valence-electron chi connectivity index (χ0n) is 13.9. The van der Waals surface area contributed by atoms with Crippen LogP contribution in [-0.2, 0) is 0 Å². The molecule has 26 heavy (non-hydrogen) atoms. The number of hydrogen-bond acceptors (Lipinski definition) is 6. The van der Waals surface area contributed by atoms with Crippen molar-refractivity contribution >= 4 is 22.7 Å². The predicted molar refractivity (Wildman–Crippen MR) is 101 cm³/mol. The Morgan fingerprint density at radius 1 is 1.23 bits per heavy atom. The van der Waals surface area contributed by atoms with Gasteiger partial charge in [0.05, 0.1) is 18.0 Å². The smallest absolute Gasteiger partial charge is 0.196 e. The zero-order chi connectivity index (χ0) is 18.4. The van der Waals surface area contributed by atoms with Gasteiger partial charge in [-0.3, -0.25) is 5.43 Å². The maximum absolute atomic E-state index is 13.0. The van der Waals surface area contributed by atoms with Crippen molar-refractivity contribution < 1.29 is 9.13 Å². The quantitative estimate of drug-likeness (QED) is 0.508. The molecule has 0 fully saturated rings. The lowest BCUT2D eigenvalue weighted by molar-refractivity contribution is 0.340. The average Bonchev–Trinajstić information content (AvgIpc) is 3.14.